The maximum Gasteiger partial charge on any atom is 0.102 e. The lowest BCUT2D eigenvalue weighted by Gasteiger charge is -1.98. The summed E-state index contributed by atoms with van der Waals surface area (Å²) in [6.07, 6.45) is 0.944. The predicted molar refractivity (Wildman–Crippen MR) is 29.7 cm³/mol. The van der Waals surface area contributed by atoms with Crippen LogP contribution in [0.4, 0.5) is 0 Å². The first-order valence-electron chi connectivity index (χ1n) is 2.58. The number of unbranched alkanes of at least 4 members (excludes halogenated alkanes) is 1. The lowest BCUT2D eigenvalue weighted by atomic mass is 10.2. The number of nitriles is 1. The van der Waals surface area contributed by atoms with E-state index in [1.165, 1.54) is 0 Å². The molecule has 3 nitrogen and oxygen atoms in total. The molecule has 46 valence electrons. The Morgan fingerprint density at radius 2 is 2.38 bits per heavy atom. The highest BCUT2D eigenvalue weighted by Crippen LogP contribution is 1.93. The number of aliphatic hydroxyl groups is 1. The fraction of sp³-hybridized carbons (Fsp3) is 0.800. The first-order chi connectivity index (χ1) is 3.77. The van der Waals surface area contributed by atoms with Gasteiger partial charge in [-0.2, -0.15) is 5.26 Å². The molecule has 8 heavy (non-hydrogen) atoms. The van der Waals surface area contributed by atoms with Gasteiger partial charge in [0.25, 0.3) is 0 Å². The van der Waals surface area contributed by atoms with Gasteiger partial charge >= 0.3 is 0 Å². The fourth-order valence-electron chi connectivity index (χ4n) is 0.390. The molecule has 0 aromatic carbocycles. The van der Waals surface area contributed by atoms with Crippen LogP contribution >= 0.6 is 0 Å². The summed E-state index contributed by atoms with van der Waals surface area (Å²) < 4.78 is 0. The van der Waals surface area contributed by atoms with Crippen molar-refractivity contribution >= 4 is 0 Å². The molecular formula is C5H10N2O. The fourth-order valence-corrected chi connectivity index (χ4v) is 0.390. The van der Waals surface area contributed by atoms with Crippen LogP contribution in [0.3, 0.4) is 0 Å². The minimum Gasteiger partial charge on any atom is -0.379 e. The van der Waals surface area contributed by atoms with E-state index in [4.69, 9.17) is 16.1 Å². The summed E-state index contributed by atoms with van der Waals surface area (Å²) >= 11 is 0. The van der Waals surface area contributed by atoms with Crippen LogP contribution < -0.4 is 5.73 Å². The van der Waals surface area contributed by atoms with Gasteiger partial charge in [-0.15, -0.1) is 0 Å². The largest absolute Gasteiger partial charge is 0.379 e. The van der Waals surface area contributed by atoms with Crippen molar-refractivity contribution in [3.05, 3.63) is 0 Å². The van der Waals surface area contributed by atoms with Crippen LogP contribution in [0.5, 0.6) is 0 Å². The van der Waals surface area contributed by atoms with Crippen LogP contribution in [0, 0.1) is 11.3 Å². The molecule has 3 N–H and O–H groups in total. The summed E-state index contributed by atoms with van der Waals surface area (Å²) in [7, 11) is 0. The molecule has 0 rings (SSSR count). The smallest absolute Gasteiger partial charge is 0.102 e. The third-order valence-corrected chi connectivity index (χ3v) is 0.788. The van der Waals surface area contributed by atoms with Gasteiger partial charge in [-0.05, 0) is 12.8 Å². The average Bonchev–Trinajstić information content (AvgIpc) is 1.66. The minimum atomic E-state index is -0.747. The van der Waals surface area contributed by atoms with Gasteiger partial charge in [-0.1, -0.05) is 0 Å². The van der Waals surface area contributed by atoms with E-state index < -0.39 is 6.23 Å². The van der Waals surface area contributed by atoms with E-state index in [0.717, 1.165) is 0 Å². The molecule has 1 atom stereocenters. The minimum absolute atomic E-state index is 0.480. The Labute approximate surface area is 48.7 Å². The molecule has 0 fully saturated rings. The zero-order valence-corrected chi connectivity index (χ0v) is 4.67. The van der Waals surface area contributed by atoms with Gasteiger partial charge in [0, 0.05) is 6.42 Å². The van der Waals surface area contributed by atoms with Crippen LogP contribution in [-0.2, 0) is 0 Å². The van der Waals surface area contributed by atoms with Crippen LogP contribution in [-0.4, -0.2) is 11.3 Å². The first-order valence-corrected chi connectivity index (χ1v) is 2.58. The first kappa shape index (κ1) is 7.41. The van der Waals surface area contributed by atoms with E-state index >= 15 is 0 Å². The van der Waals surface area contributed by atoms with Gasteiger partial charge in [0.15, 0.2) is 0 Å². The van der Waals surface area contributed by atoms with Crippen LogP contribution in [0.2, 0.25) is 0 Å². The van der Waals surface area contributed by atoms with Crippen molar-refractivity contribution < 1.29 is 5.11 Å². The van der Waals surface area contributed by atoms with Crippen LogP contribution in [0.15, 0.2) is 0 Å². The standard InChI is InChI=1S/C5H10N2O/c6-4-2-1-3-5(7)8/h5,8H,1-3,7H2. The van der Waals surface area contributed by atoms with Gasteiger partial charge in [0.05, 0.1) is 6.07 Å². The second-order valence-electron chi connectivity index (χ2n) is 1.62. The van der Waals surface area contributed by atoms with E-state index in [0.29, 0.717) is 19.3 Å². The molecule has 0 amide bonds. The lowest BCUT2D eigenvalue weighted by Crippen LogP contribution is -2.17. The van der Waals surface area contributed by atoms with E-state index in [-0.39, 0.29) is 0 Å². The summed E-state index contributed by atoms with van der Waals surface area (Å²) in [6.45, 7) is 0. The number of nitrogens with two attached hydrogens (primary N) is 1. The molecule has 0 saturated carbocycles. The third kappa shape index (κ3) is 5.41. The number of aliphatic hydroxyl groups excluding tert-OH is 1. The van der Waals surface area contributed by atoms with Crippen molar-refractivity contribution in [1.29, 1.82) is 5.26 Å². The Bertz CT molecular complexity index is 84.9. The Kier molecular flexibility index (Phi) is 4.23. The van der Waals surface area contributed by atoms with E-state index in [1.54, 1.807) is 0 Å². The van der Waals surface area contributed by atoms with Gasteiger partial charge in [0.2, 0.25) is 0 Å². The molecule has 0 spiro atoms. The lowest BCUT2D eigenvalue weighted by molar-refractivity contribution is 0.170. The summed E-state index contributed by atoms with van der Waals surface area (Å²) in [5.41, 5.74) is 4.98. The molecule has 0 aliphatic rings. The molecule has 0 aliphatic carbocycles. The zero-order chi connectivity index (χ0) is 6.41. The van der Waals surface area contributed by atoms with Crippen LogP contribution in [0.25, 0.3) is 0 Å². The summed E-state index contributed by atoms with van der Waals surface area (Å²) in [6, 6.07) is 1.96. The molecule has 1 unspecified atom stereocenters. The summed E-state index contributed by atoms with van der Waals surface area (Å²) in [5.74, 6) is 0. The molecule has 0 heterocycles. The molecular weight excluding hydrogens is 104 g/mol. The van der Waals surface area contributed by atoms with Crippen molar-refractivity contribution in [2.45, 2.75) is 25.5 Å². The normalized spacial score (nSPS) is 12.6. The van der Waals surface area contributed by atoms with E-state index in [1.807, 2.05) is 6.07 Å². The number of nitrogens with zero attached hydrogens (tertiary/aromatic N) is 1. The third-order valence-electron chi connectivity index (χ3n) is 0.788. The van der Waals surface area contributed by atoms with Gasteiger partial charge in [0.1, 0.15) is 6.23 Å². The van der Waals surface area contributed by atoms with Crippen molar-refractivity contribution in [1.82, 2.24) is 0 Å². The Morgan fingerprint density at radius 3 is 2.75 bits per heavy atom. The maximum absolute atomic E-state index is 8.45. The molecule has 0 bridgehead atoms. The van der Waals surface area contributed by atoms with Gasteiger partial charge in [-0.25, -0.2) is 0 Å². The molecule has 3 heteroatoms. The zero-order valence-electron chi connectivity index (χ0n) is 4.67. The summed E-state index contributed by atoms with van der Waals surface area (Å²) in [5, 5.41) is 16.5. The predicted octanol–water partition coefficient (Wildman–Crippen LogP) is -0.0426. The Hall–Kier alpha value is -0.590. The molecule has 0 aromatic rings. The summed E-state index contributed by atoms with van der Waals surface area (Å²) in [4.78, 5) is 0. The Morgan fingerprint density at radius 1 is 1.75 bits per heavy atom. The van der Waals surface area contributed by atoms with E-state index in [2.05, 4.69) is 0 Å². The van der Waals surface area contributed by atoms with Crippen molar-refractivity contribution in [3.63, 3.8) is 0 Å². The average molecular weight is 114 g/mol. The topological polar surface area (TPSA) is 70.0 Å². The quantitative estimate of drug-likeness (QED) is 0.399. The number of hydrogen-bond acceptors (Lipinski definition) is 3. The SMILES string of the molecule is N#CCCCC(N)O. The molecule has 0 radical (unpaired) electrons. The van der Waals surface area contributed by atoms with Crippen molar-refractivity contribution in [2.75, 3.05) is 0 Å². The van der Waals surface area contributed by atoms with Crippen molar-refractivity contribution in [2.24, 2.45) is 5.73 Å². The van der Waals surface area contributed by atoms with E-state index in [9.17, 15) is 0 Å². The maximum atomic E-state index is 8.45. The Balaban J connectivity index is 2.85. The van der Waals surface area contributed by atoms with Gasteiger partial charge in [-0.3, -0.25) is 0 Å². The number of rotatable bonds is 3. The second-order valence-corrected chi connectivity index (χ2v) is 1.62. The molecule has 0 aliphatic heterocycles. The number of hydrogen-bond donors (Lipinski definition) is 2. The van der Waals surface area contributed by atoms with Gasteiger partial charge < -0.3 is 10.8 Å². The highest BCUT2D eigenvalue weighted by Gasteiger charge is 1.92. The molecule has 0 aromatic heterocycles. The highest BCUT2D eigenvalue weighted by atomic mass is 16.3. The second kappa shape index (κ2) is 4.57. The van der Waals surface area contributed by atoms with Crippen molar-refractivity contribution in [3.8, 4) is 6.07 Å². The monoisotopic (exact) mass is 114 g/mol. The molecule has 0 saturated heterocycles. The van der Waals surface area contributed by atoms with Crippen LogP contribution in [0.1, 0.15) is 19.3 Å². The highest BCUT2D eigenvalue weighted by molar-refractivity contribution is 4.68.